The van der Waals surface area contributed by atoms with Crippen molar-refractivity contribution in [2.75, 3.05) is 13.2 Å². The largest absolute Gasteiger partial charge is 0.477 e. The molecule has 3 rings (SSSR count). The molecule has 2 aromatic heterocycles. The summed E-state index contributed by atoms with van der Waals surface area (Å²) in [6.07, 6.45) is 7.35. The molecule has 0 aliphatic carbocycles. The Morgan fingerprint density at radius 2 is 2.29 bits per heavy atom. The van der Waals surface area contributed by atoms with Crippen LogP contribution in [0.25, 0.3) is 0 Å². The van der Waals surface area contributed by atoms with Gasteiger partial charge in [-0.2, -0.15) is 5.10 Å². The van der Waals surface area contributed by atoms with Gasteiger partial charge in [0.1, 0.15) is 0 Å². The molecule has 1 aliphatic rings. The van der Waals surface area contributed by atoms with Crippen LogP contribution in [0, 0.1) is 5.92 Å². The number of nitrogens with zero attached hydrogens (tertiary/aromatic N) is 4. The van der Waals surface area contributed by atoms with Crippen molar-refractivity contribution >= 4 is 5.91 Å². The Bertz CT molecular complexity index is 652. The molecule has 0 unspecified atom stereocenters. The van der Waals surface area contributed by atoms with E-state index in [1.54, 1.807) is 24.5 Å². The summed E-state index contributed by atoms with van der Waals surface area (Å²) in [4.78, 5) is 19.0. The third-order valence-electron chi connectivity index (χ3n) is 4.14. The van der Waals surface area contributed by atoms with Gasteiger partial charge in [0.25, 0.3) is 5.91 Å². The number of rotatable bonds is 6. The number of hydrogen-bond acceptors (Lipinski definition) is 4. The lowest BCUT2D eigenvalue weighted by molar-refractivity contribution is 0.0721. The van der Waals surface area contributed by atoms with E-state index in [0.717, 1.165) is 25.9 Å². The van der Waals surface area contributed by atoms with E-state index >= 15 is 0 Å². The fourth-order valence-corrected chi connectivity index (χ4v) is 2.93. The van der Waals surface area contributed by atoms with Crippen molar-refractivity contribution < 1.29 is 9.53 Å². The van der Waals surface area contributed by atoms with Crippen LogP contribution in [-0.2, 0) is 6.54 Å². The van der Waals surface area contributed by atoms with Crippen molar-refractivity contribution in [2.45, 2.75) is 39.3 Å². The van der Waals surface area contributed by atoms with Gasteiger partial charge in [-0.05, 0) is 30.9 Å². The molecule has 128 valence electrons. The summed E-state index contributed by atoms with van der Waals surface area (Å²) in [6, 6.07) is 5.66. The summed E-state index contributed by atoms with van der Waals surface area (Å²) < 4.78 is 7.46. The first kappa shape index (κ1) is 16.5. The molecule has 0 saturated carbocycles. The molecular weight excluding hydrogens is 304 g/mol. The van der Waals surface area contributed by atoms with Crippen LogP contribution in [0.5, 0.6) is 5.88 Å². The van der Waals surface area contributed by atoms with Crippen LogP contribution in [0.3, 0.4) is 0 Å². The van der Waals surface area contributed by atoms with Gasteiger partial charge in [-0.15, -0.1) is 0 Å². The summed E-state index contributed by atoms with van der Waals surface area (Å²) in [5.41, 5.74) is 0.610. The van der Waals surface area contributed by atoms with Crippen LogP contribution >= 0.6 is 0 Å². The number of amides is 1. The Hall–Kier alpha value is -2.37. The predicted molar refractivity (Wildman–Crippen MR) is 90.9 cm³/mol. The van der Waals surface area contributed by atoms with E-state index < -0.39 is 0 Å². The lowest BCUT2D eigenvalue weighted by atomic mass is 10.2. The van der Waals surface area contributed by atoms with Crippen LogP contribution in [-0.4, -0.2) is 44.8 Å². The zero-order valence-corrected chi connectivity index (χ0v) is 14.3. The van der Waals surface area contributed by atoms with Gasteiger partial charge in [0.05, 0.1) is 24.8 Å². The first-order valence-corrected chi connectivity index (χ1v) is 8.50. The van der Waals surface area contributed by atoms with Crippen molar-refractivity contribution in [3.05, 3.63) is 42.4 Å². The van der Waals surface area contributed by atoms with Gasteiger partial charge >= 0.3 is 0 Å². The maximum Gasteiger partial charge on any atom is 0.255 e. The second kappa shape index (κ2) is 7.47. The van der Waals surface area contributed by atoms with Gasteiger partial charge in [-0.1, -0.05) is 13.8 Å². The van der Waals surface area contributed by atoms with Gasteiger partial charge in [0, 0.05) is 31.2 Å². The van der Waals surface area contributed by atoms with Crippen LogP contribution in [0.15, 0.2) is 36.8 Å². The van der Waals surface area contributed by atoms with E-state index in [9.17, 15) is 4.79 Å². The van der Waals surface area contributed by atoms with Crippen LogP contribution in [0.1, 0.15) is 37.0 Å². The molecule has 1 atom stereocenters. The molecule has 0 N–H and O–H groups in total. The van der Waals surface area contributed by atoms with Crippen molar-refractivity contribution in [3.8, 4) is 5.88 Å². The Balaban J connectivity index is 1.64. The monoisotopic (exact) mass is 328 g/mol. The quantitative estimate of drug-likeness (QED) is 0.818. The molecule has 0 aromatic carbocycles. The molecule has 2 aromatic rings. The number of carbonyl (C=O) groups excluding carboxylic acids is 1. The van der Waals surface area contributed by atoms with E-state index in [0.29, 0.717) is 24.0 Å². The van der Waals surface area contributed by atoms with Gasteiger partial charge in [-0.25, -0.2) is 4.98 Å². The molecule has 1 fully saturated rings. The van der Waals surface area contributed by atoms with E-state index in [-0.39, 0.29) is 11.9 Å². The number of ether oxygens (including phenoxy) is 1. The third kappa shape index (κ3) is 3.93. The summed E-state index contributed by atoms with van der Waals surface area (Å²) >= 11 is 0. The average Bonchev–Trinajstić information content (AvgIpc) is 3.25. The summed E-state index contributed by atoms with van der Waals surface area (Å²) in [6.45, 7) is 6.33. The van der Waals surface area contributed by atoms with Crippen LogP contribution < -0.4 is 4.74 Å². The van der Waals surface area contributed by atoms with Gasteiger partial charge < -0.3 is 9.64 Å². The van der Waals surface area contributed by atoms with Gasteiger partial charge in [-0.3, -0.25) is 9.48 Å². The normalized spacial score (nSPS) is 17.5. The number of hydrogen-bond donors (Lipinski definition) is 0. The van der Waals surface area contributed by atoms with Crippen molar-refractivity contribution in [3.63, 3.8) is 0 Å². The highest BCUT2D eigenvalue weighted by Gasteiger charge is 2.29. The molecule has 1 aliphatic heterocycles. The maximum atomic E-state index is 12.8. The smallest absolute Gasteiger partial charge is 0.255 e. The second-order valence-electron chi connectivity index (χ2n) is 6.61. The Labute approximate surface area is 142 Å². The predicted octanol–water partition coefficient (Wildman–Crippen LogP) is 2.62. The molecule has 24 heavy (non-hydrogen) atoms. The first-order valence-electron chi connectivity index (χ1n) is 8.50. The zero-order valence-electron chi connectivity index (χ0n) is 14.3. The van der Waals surface area contributed by atoms with Crippen LogP contribution in [0.2, 0.25) is 0 Å². The van der Waals surface area contributed by atoms with E-state index in [1.807, 2.05) is 21.8 Å². The molecule has 0 bridgehead atoms. The fourth-order valence-electron chi connectivity index (χ4n) is 2.93. The molecule has 0 radical (unpaired) electrons. The molecule has 3 heterocycles. The summed E-state index contributed by atoms with van der Waals surface area (Å²) in [7, 11) is 0. The van der Waals surface area contributed by atoms with E-state index in [1.165, 1.54) is 0 Å². The Morgan fingerprint density at radius 1 is 1.42 bits per heavy atom. The summed E-state index contributed by atoms with van der Waals surface area (Å²) in [5, 5.41) is 4.24. The highest BCUT2D eigenvalue weighted by Crippen LogP contribution is 2.22. The van der Waals surface area contributed by atoms with Crippen molar-refractivity contribution in [2.24, 2.45) is 5.92 Å². The standard InChI is InChI=1S/C18H24N4O2/c1-14(2)13-24-17-7-6-15(11-19-17)18(23)22-10-3-5-16(22)12-21-9-4-8-20-21/h4,6-9,11,14,16H,3,5,10,12-13H2,1-2H3/t16-/m1/s1. The van der Waals surface area contributed by atoms with E-state index in [4.69, 9.17) is 4.74 Å². The Morgan fingerprint density at radius 3 is 2.96 bits per heavy atom. The zero-order chi connectivity index (χ0) is 16.9. The fraction of sp³-hybridized carbons (Fsp3) is 0.500. The topological polar surface area (TPSA) is 60.2 Å². The number of pyridine rings is 1. The average molecular weight is 328 g/mol. The molecular formula is C18H24N4O2. The minimum Gasteiger partial charge on any atom is -0.477 e. The molecule has 6 nitrogen and oxygen atoms in total. The van der Waals surface area contributed by atoms with Gasteiger partial charge in [0.2, 0.25) is 5.88 Å². The Kier molecular flexibility index (Phi) is 5.13. The first-order chi connectivity index (χ1) is 11.6. The molecule has 1 saturated heterocycles. The minimum absolute atomic E-state index is 0.0348. The number of carbonyl (C=O) groups is 1. The molecule has 6 heteroatoms. The lowest BCUT2D eigenvalue weighted by Crippen LogP contribution is -2.38. The highest BCUT2D eigenvalue weighted by molar-refractivity contribution is 5.94. The second-order valence-corrected chi connectivity index (χ2v) is 6.61. The van der Waals surface area contributed by atoms with Crippen molar-refractivity contribution in [1.82, 2.24) is 19.7 Å². The number of likely N-dealkylation sites (tertiary alicyclic amines) is 1. The van der Waals surface area contributed by atoms with Crippen molar-refractivity contribution in [1.29, 1.82) is 0 Å². The molecule has 1 amide bonds. The highest BCUT2D eigenvalue weighted by atomic mass is 16.5. The SMILES string of the molecule is CC(C)COc1ccc(C(=O)N2CCC[C@@H]2Cn2cccn2)cn1. The maximum absolute atomic E-state index is 12.8. The van der Waals surface area contributed by atoms with Gasteiger partial charge in [0.15, 0.2) is 0 Å². The summed E-state index contributed by atoms with van der Waals surface area (Å²) in [5.74, 6) is 1.04. The number of aromatic nitrogens is 3. The lowest BCUT2D eigenvalue weighted by Gasteiger charge is -2.24. The van der Waals surface area contributed by atoms with E-state index in [2.05, 4.69) is 23.9 Å². The third-order valence-corrected chi connectivity index (χ3v) is 4.14. The van der Waals surface area contributed by atoms with Crippen LogP contribution in [0.4, 0.5) is 0 Å². The molecule has 0 spiro atoms. The minimum atomic E-state index is 0.0348.